The van der Waals surface area contributed by atoms with Gasteiger partial charge in [0.1, 0.15) is 11.8 Å². The molecule has 0 unspecified atom stereocenters. The summed E-state index contributed by atoms with van der Waals surface area (Å²) in [6.07, 6.45) is 2.89. The van der Waals surface area contributed by atoms with Gasteiger partial charge in [-0.25, -0.2) is 28.1 Å². The molecule has 0 saturated carbocycles. The quantitative estimate of drug-likeness (QED) is 0.443. The van der Waals surface area contributed by atoms with Gasteiger partial charge in [-0.15, -0.1) is 0 Å². The Bertz CT molecular complexity index is 1040. The summed E-state index contributed by atoms with van der Waals surface area (Å²) in [5.41, 5.74) is 2.38. The lowest BCUT2D eigenvalue weighted by Gasteiger charge is -2.25. The number of nitrogens with zero attached hydrogens (tertiary/aromatic N) is 4. The predicted octanol–water partition coefficient (Wildman–Crippen LogP) is 0.823. The van der Waals surface area contributed by atoms with E-state index in [4.69, 9.17) is 0 Å². The molecule has 0 atom stereocenters. The number of H-pyrrole nitrogens is 1. The van der Waals surface area contributed by atoms with E-state index in [2.05, 4.69) is 30.0 Å². The summed E-state index contributed by atoms with van der Waals surface area (Å²) in [6.45, 7) is 2.97. The second kappa shape index (κ2) is 7.86. The Kier molecular flexibility index (Phi) is 5.54. The van der Waals surface area contributed by atoms with E-state index >= 15 is 0 Å². The van der Waals surface area contributed by atoms with Crippen molar-refractivity contribution >= 4 is 38.4 Å². The number of nitrogens with one attached hydrogen (secondary N) is 3. The fraction of sp³-hybridized carbons (Fsp3) is 0.312. The van der Waals surface area contributed by atoms with Crippen LogP contribution in [0.3, 0.4) is 0 Å². The Morgan fingerprint density at radius 3 is 2.78 bits per heavy atom. The number of sulfonamides is 1. The van der Waals surface area contributed by atoms with E-state index in [0.717, 1.165) is 5.69 Å². The highest BCUT2D eigenvalue weighted by Crippen LogP contribution is 2.32. The first-order chi connectivity index (χ1) is 13.0. The van der Waals surface area contributed by atoms with Crippen molar-refractivity contribution in [2.45, 2.75) is 11.8 Å². The third-order valence-electron chi connectivity index (χ3n) is 4.12. The van der Waals surface area contributed by atoms with Crippen LogP contribution in [0.5, 0.6) is 0 Å². The first kappa shape index (κ1) is 19.0. The van der Waals surface area contributed by atoms with Crippen molar-refractivity contribution in [1.29, 1.82) is 0 Å². The number of hydrogen-bond acceptors (Lipinski definition) is 8. The molecule has 3 aromatic rings. The smallest absolute Gasteiger partial charge is 0.240 e. The molecular formula is C16H21N7O3S. The maximum absolute atomic E-state index is 12.2. The Hall–Kier alpha value is -2.76. The van der Waals surface area contributed by atoms with E-state index in [-0.39, 0.29) is 11.5 Å². The third-order valence-corrected chi connectivity index (χ3v) is 5.53. The van der Waals surface area contributed by atoms with Crippen LogP contribution in [0.1, 0.15) is 6.92 Å². The lowest BCUT2D eigenvalue weighted by atomic mass is 10.2. The highest BCUT2D eigenvalue weighted by Gasteiger charge is 2.18. The fourth-order valence-electron chi connectivity index (χ4n) is 2.73. The van der Waals surface area contributed by atoms with Gasteiger partial charge in [0.15, 0.2) is 11.5 Å². The minimum Gasteiger partial charge on any atom is -0.395 e. The van der Waals surface area contributed by atoms with E-state index < -0.39 is 10.0 Å². The van der Waals surface area contributed by atoms with Crippen molar-refractivity contribution in [3.8, 4) is 0 Å². The minimum absolute atomic E-state index is 0.0256. The Balaban J connectivity index is 2.11. The Morgan fingerprint density at radius 1 is 1.26 bits per heavy atom. The number of fused-ring (bicyclic) bond motifs is 1. The number of aliphatic hydroxyl groups is 1. The molecule has 10 nitrogen and oxygen atoms in total. The molecule has 0 amide bonds. The number of aromatic nitrogens is 4. The van der Waals surface area contributed by atoms with Crippen molar-refractivity contribution < 1.29 is 13.5 Å². The summed E-state index contributed by atoms with van der Waals surface area (Å²) in [4.78, 5) is 17.4. The molecule has 0 saturated heterocycles. The SMILES string of the molecule is CCN(CCO)c1ccc(S(=O)(=O)NC)cc1Nc1ncnc2nc[nH]c12. The lowest BCUT2D eigenvalue weighted by molar-refractivity contribution is 0.302. The second-order valence-corrected chi connectivity index (χ2v) is 7.52. The van der Waals surface area contributed by atoms with Gasteiger partial charge in [-0.3, -0.25) is 0 Å². The van der Waals surface area contributed by atoms with E-state index in [1.807, 2.05) is 11.8 Å². The first-order valence-electron chi connectivity index (χ1n) is 8.34. The molecule has 3 rings (SSSR count). The van der Waals surface area contributed by atoms with Gasteiger partial charge in [-0.2, -0.15) is 0 Å². The zero-order valence-electron chi connectivity index (χ0n) is 15.0. The molecule has 0 aliphatic heterocycles. The van der Waals surface area contributed by atoms with Gasteiger partial charge in [-0.05, 0) is 32.2 Å². The van der Waals surface area contributed by atoms with Crippen LogP contribution in [-0.4, -0.2) is 60.2 Å². The summed E-state index contributed by atoms with van der Waals surface area (Å²) in [5, 5.41) is 12.5. The van der Waals surface area contributed by atoms with Crippen LogP contribution in [0.25, 0.3) is 11.2 Å². The molecule has 2 aromatic heterocycles. The molecule has 1 aromatic carbocycles. The largest absolute Gasteiger partial charge is 0.395 e. The number of rotatable bonds is 8. The van der Waals surface area contributed by atoms with Gasteiger partial charge in [0.25, 0.3) is 0 Å². The van der Waals surface area contributed by atoms with Gasteiger partial charge in [0.2, 0.25) is 10.0 Å². The van der Waals surface area contributed by atoms with E-state index in [9.17, 15) is 13.5 Å². The molecule has 0 fully saturated rings. The molecule has 0 bridgehead atoms. The summed E-state index contributed by atoms with van der Waals surface area (Å²) in [7, 11) is -2.26. The van der Waals surface area contributed by atoms with Gasteiger partial charge < -0.3 is 20.3 Å². The van der Waals surface area contributed by atoms with E-state index in [0.29, 0.717) is 35.8 Å². The zero-order chi connectivity index (χ0) is 19.4. The molecule has 11 heteroatoms. The molecule has 0 aliphatic carbocycles. The van der Waals surface area contributed by atoms with E-state index in [1.165, 1.54) is 31.8 Å². The van der Waals surface area contributed by atoms with Gasteiger partial charge in [-0.1, -0.05) is 0 Å². The van der Waals surface area contributed by atoms with Crippen LogP contribution < -0.4 is 14.9 Å². The van der Waals surface area contributed by atoms with Crippen LogP contribution in [0.15, 0.2) is 35.7 Å². The first-order valence-corrected chi connectivity index (χ1v) is 9.83. The van der Waals surface area contributed by atoms with Crippen LogP contribution in [-0.2, 0) is 10.0 Å². The molecule has 4 N–H and O–H groups in total. The average Bonchev–Trinajstić information content (AvgIpc) is 3.16. The van der Waals surface area contributed by atoms with Gasteiger partial charge in [0.05, 0.1) is 29.2 Å². The summed E-state index contributed by atoms with van der Waals surface area (Å²) in [5.74, 6) is 0.470. The normalized spacial score (nSPS) is 11.7. The number of imidazole rings is 1. The van der Waals surface area contributed by atoms with Gasteiger partial charge in [0, 0.05) is 13.1 Å². The number of benzene rings is 1. The molecule has 0 aliphatic rings. The van der Waals surface area contributed by atoms with Crippen molar-refractivity contribution in [2.24, 2.45) is 0 Å². The molecular weight excluding hydrogens is 370 g/mol. The second-order valence-electron chi connectivity index (χ2n) is 5.64. The maximum atomic E-state index is 12.2. The summed E-state index contributed by atoms with van der Waals surface area (Å²) in [6, 6.07) is 4.76. The zero-order valence-corrected chi connectivity index (χ0v) is 15.8. The number of hydrogen-bond donors (Lipinski definition) is 4. The predicted molar refractivity (Wildman–Crippen MR) is 103 cm³/mol. The topological polar surface area (TPSA) is 136 Å². The minimum atomic E-state index is -3.62. The van der Waals surface area contributed by atoms with Crippen LogP contribution in [0.2, 0.25) is 0 Å². The van der Waals surface area contributed by atoms with Crippen molar-refractivity contribution in [3.05, 3.63) is 30.9 Å². The standard InChI is InChI=1S/C16H21N7O3S/c1-3-23(6-7-24)13-5-4-11(27(25,26)17-2)8-12(13)22-16-14-15(19-9-18-14)20-10-21-16/h4-5,8-10,17,24H,3,6-7H2,1-2H3,(H2,18,19,20,21,22). The highest BCUT2D eigenvalue weighted by molar-refractivity contribution is 7.89. The maximum Gasteiger partial charge on any atom is 0.240 e. The summed E-state index contributed by atoms with van der Waals surface area (Å²) >= 11 is 0. The van der Waals surface area contributed by atoms with Crippen molar-refractivity contribution in [1.82, 2.24) is 24.7 Å². The van der Waals surface area contributed by atoms with Gasteiger partial charge >= 0.3 is 0 Å². The molecule has 2 heterocycles. The lowest BCUT2D eigenvalue weighted by Crippen LogP contribution is -2.27. The molecule has 0 radical (unpaired) electrons. The number of anilines is 3. The van der Waals surface area contributed by atoms with E-state index in [1.54, 1.807) is 6.07 Å². The monoisotopic (exact) mass is 391 g/mol. The van der Waals surface area contributed by atoms with Crippen molar-refractivity contribution in [2.75, 3.05) is 37.0 Å². The highest BCUT2D eigenvalue weighted by atomic mass is 32.2. The molecule has 0 spiro atoms. The number of aromatic amines is 1. The Labute approximate surface area is 156 Å². The van der Waals surface area contributed by atoms with Crippen LogP contribution >= 0.6 is 0 Å². The third kappa shape index (κ3) is 3.84. The fourth-order valence-corrected chi connectivity index (χ4v) is 3.49. The van der Waals surface area contributed by atoms with Crippen molar-refractivity contribution in [3.63, 3.8) is 0 Å². The van der Waals surface area contributed by atoms with Crippen LogP contribution in [0.4, 0.5) is 17.2 Å². The number of aliphatic hydroxyl groups excluding tert-OH is 1. The number of likely N-dealkylation sites (N-methyl/N-ethyl adjacent to an activating group) is 1. The Morgan fingerprint density at radius 2 is 2.07 bits per heavy atom. The van der Waals surface area contributed by atoms with Crippen LogP contribution in [0, 0.1) is 0 Å². The molecule has 144 valence electrons. The molecule has 27 heavy (non-hydrogen) atoms. The average molecular weight is 391 g/mol. The summed E-state index contributed by atoms with van der Waals surface area (Å²) < 4.78 is 26.7.